The third kappa shape index (κ3) is 7.44. The third-order valence-electron chi connectivity index (χ3n) is 9.36. The highest BCUT2D eigenvalue weighted by molar-refractivity contribution is 6.47. The Labute approximate surface area is 280 Å². The molecule has 1 amide bonds. The molecular formula is C31H40B6F2N6O2. The predicted molar refractivity (Wildman–Crippen MR) is 203 cm³/mol. The molecule has 0 radical (unpaired) electrons. The minimum Gasteiger partial charge on any atom is -0.404 e. The van der Waals surface area contributed by atoms with Crippen LogP contribution in [0.3, 0.4) is 0 Å². The maximum absolute atomic E-state index is 14.2. The molecule has 0 saturated carbocycles. The number of aromatic amines is 1. The van der Waals surface area contributed by atoms with E-state index in [1.807, 2.05) is 24.3 Å². The molecule has 3 N–H and O–H groups in total. The molecular weight excluding hydrogens is 591 g/mol. The fourth-order valence-electron chi connectivity index (χ4n) is 7.64. The highest BCUT2D eigenvalue weighted by Crippen LogP contribution is 2.32. The Morgan fingerprint density at radius 2 is 1.64 bits per heavy atom. The molecule has 6 rings (SSSR count). The van der Waals surface area contributed by atoms with E-state index in [4.69, 9.17) is 4.74 Å². The van der Waals surface area contributed by atoms with Gasteiger partial charge in [0.2, 0.25) is 0 Å². The summed E-state index contributed by atoms with van der Waals surface area (Å²) in [6.07, 6.45) is 1.94. The van der Waals surface area contributed by atoms with Crippen LogP contribution in [-0.4, -0.2) is 118 Å². The van der Waals surface area contributed by atoms with Gasteiger partial charge in [-0.05, 0) is 67.2 Å². The largest absolute Gasteiger partial charge is 0.404 e. The number of H-pyrrole nitrogens is 1. The van der Waals surface area contributed by atoms with E-state index in [9.17, 15) is 13.6 Å². The number of anilines is 3. The summed E-state index contributed by atoms with van der Waals surface area (Å²) >= 11 is 0. The van der Waals surface area contributed by atoms with Crippen molar-refractivity contribution in [3.8, 4) is 0 Å². The molecule has 0 bridgehead atoms. The molecule has 2 aliphatic heterocycles. The number of aromatic nitrogens is 2. The van der Waals surface area contributed by atoms with Crippen LogP contribution in [-0.2, 0) is 11.2 Å². The van der Waals surface area contributed by atoms with Gasteiger partial charge < -0.3 is 25.2 Å². The van der Waals surface area contributed by atoms with Crippen LogP contribution in [0.5, 0.6) is 0 Å². The van der Waals surface area contributed by atoms with E-state index in [1.165, 1.54) is 17.8 Å². The van der Waals surface area contributed by atoms with Crippen molar-refractivity contribution in [2.75, 3.05) is 48.8 Å². The lowest BCUT2D eigenvalue weighted by Gasteiger charge is -2.47. The lowest BCUT2D eigenvalue weighted by Crippen LogP contribution is -2.57. The van der Waals surface area contributed by atoms with Gasteiger partial charge >= 0.3 is 0 Å². The summed E-state index contributed by atoms with van der Waals surface area (Å²) in [5.74, 6) is -1.09. The average Bonchev–Trinajstić information content (AvgIpc) is 3.35. The number of fused-ring (bicyclic) bond motifs is 1. The van der Waals surface area contributed by atoms with Crippen LogP contribution < -0.4 is 26.5 Å². The Morgan fingerprint density at radius 1 is 0.979 bits per heavy atom. The van der Waals surface area contributed by atoms with Gasteiger partial charge in [0.15, 0.2) is 5.82 Å². The fourth-order valence-corrected chi connectivity index (χ4v) is 7.64. The summed E-state index contributed by atoms with van der Waals surface area (Å²) in [4.78, 5) is 19.0. The molecule has 47 heavy (non-hydrogen) atoms. The first kappa shape index (κ1) is 33.3. The van der Waals surface area contributed by atoms with Gasteiger partial charge in [-0.15, -0.1) is 0 Å². The van der Waals surface area contributed by atoms with Crippen LogP contribution in [0.4, 0.5) is 26.0 Å². The second-order valence-electron chi connectivity index (χ2n) is 14.6. The molecule has 0 aliphatic carbocycles. The third-order valence-corrected chi connectivity index (χ3v) is 9.36. The molecule has 4 aromatic rings. The standard InChI is InChI=1S/C31H40B6F2N6O2/c1-44-4-6-45(7-5-44)27-23(32)13-22(26(25(27)33)40-20-14-30(34,35)47-31(36,37)15-20)29(46)41-28-21-11-16(2-3-24(21)42-43-28)8-17-9-18(38)12-19(39)10-17/h2-3,9-13,20,40H,4-8,14-15,32-37H2,1H3,(H2,41,42,43,46). The number of halogens is 2. The highest BCUT2D eigenvalue weighted by Gasteiger charge is 2.39. The second-order valence-corrected chi connectivity index (χ2v) is 14.6. The summed E-state index contributed by atoms with van der Waals surface area (Å²) in [6, 6.07) is 11.3. The van der Waals surface area contributed by atoms with E-state index < -0.39 is 11.6 Å². The average molecular weight is 632 g/mol. The summed E-state index contributed by atoms with van der Waals surface area (Å²) in [5, 5.41) is 14.4. The van der Waals surface area contributed by atoms with Crippen molar-refractivity contribution in [2.24, 2.45) is 0 Å². The van der Waals surface area contributed by atoms with Crippen molar-refractivity contribution >= 4 is 92.0 Å². The monoisotopic (exact) mass is 632 g/mol. The maximum atomic E-state index is 14.2. The van der Waals surface area contributed by atoms with Gasteiger partial charge in [-0.2, -0.15) is 5.10 Å². The summed E-state index contributed by atoms with van der Waals surface area (Å²) in [7, 11) is 14.8. The van der Waals surface area contributed by atoms with Crippen molar-refractivity contribution in [3.05, 3.63) is 70.8 Å². The van der Waals surface area contributed by atoms with Gasteiger partial charge in [0.05, 0.1) is 11.1 Å². The van der Waals surface area contributed by atoms with Crippen LogP contribution >= 0.6 is 0 Å². The number of nitrogens with zero attached hydrogens (tertiary/aromatic N) is 3. The number of hydrogen-bond acceptors (Lipinski definition) is 6. The number of piperazine rings is 1. The number of benzene rings is 3. The maximum Gasteiger partial charge on any atom is 0.258 e. The number of likely N-dealkylation sites (N-methyl/N-ethyl adjacent to an activating group) is 1. The summed E-state index contributed by atoms with van der Waals surface area (Å²) < 4.78 is 34.1. The van der Waals surface area contributed by atoms with Gasteiger partial charge in [-0.25, -0.2) is 8.78 Å². The smallest absolute Gasteiger partial charge is 0.258 e. The van der Waals surface area contributed by atoms with Crippen molar-refractivity contribution in [1.29, 1.82) is 0 Å². The van der Waals surface area contributed by atoms with Crippen LogP contribution in [0, 0.1) is 11.6 Å². The predicted octanol–water partition coefficient (Wildman–Crippen LogP) is -2.62. The van der Waals surface area contributed by atoms with Crippen molar-refractivity contribution in [3.63, 3.8) is 0 Å². The van der Waals surface area contributed by atoms with Crippen LogP contribution in [0.1, 0.15) is 34.3 Å². The van der Waals surface area contributed by atoms with E-state index in [-0.39, 0.29) is 22.7 Å². The minimum absolute atomic E-state index is 0.100. The quantitative estimate of drug-likeness (QED) is 0.194. The van der Waals surface area contributed by atoms with E-state index >= 15 is 0 Å². The topological polar surface area (TPSA) is 85.5 Å². The van der Waals surface area contributed by atoms with Crippen molar-refractivity contribution in [1.82, 2.24) is 15.1 Å². The van der Waals surface area contributed by atoms with Crippen LogP contribution in [0.25, 0.3) is 10.9 Å². The normalized spacial score (nSPS) is 18.3. The second kappa shape index (κ2) is 12.8. The van der Waals surface area contributed by atoms with E-state index in [0.717, 1.165) is 78.2 Å². The zero-order valence-electron chi connectivity index (χ0n) is 28.5. The molecule has 16 heteroatoms. The molecule has 3 heterocycles. The van der Waals surface area contributed by atoms with Gasteiger partial charge in [0, 0.05) is 65.8 Å². The molecule has 0 unspecified atom stereocenters. The Morgan fingerprint density at radius 3 is 2.30 bits per heavy atom. The summed E-state index contributed by atoms with van der Waals surface area (Å²) in [5.41, 5.74) is 6.78. The number of carbonyl (C=O) groups is 1. The molecule has 1 aromatic heterocycles. The molecule has 8 nitrogen and oxygen atoms in total. The molecule has 238 valence electrons. The molecule has 0 atom stereocenters. The van der Waals surface area contributed by atoms with Crippen LogP contribution in [0.2, 0.25) is 0 Å². The zero-order chi connectivity index (χ0) is 33.7. The Balaban J connectivity index is 1.34. The Hall–Kier alpha value is -3.63. The van der Waals surface area contributed by atoms with E-state index in [1.54, 1.807) is 0 Å². The van der Waals surface area contributed by atoms with Crippen molar-refractivity contribution in [2.45, 2.75) is 36.1 Å². The molecule has 2 aliphatic rings. The molecule has 2 saturated heterocycles. The first-order valence-corrected chi connectivity index (χ1v) is 16.4. The Bertz CT molecular complexity index is 1800. The fraction of sp³-hybridized carbons (Fsp3) is 0.355. The first-order valence-electron chi connectivity index (χ1n) is 16.4. The SMILES string of the molecule is Bc1cc(C(=O)Nc2n[nH]c3ccc(Cc4cc(F)cc(F)c4)cc23)c(NC2CC(B)(B)OC(B)(B)C2)c(B)c1N1CCN(C)CC1. The number of hydrogen-bond donors (Lipinski definition) is 3. The number of nitrogens with one attached hydrogen (secondary N) is 3. The van der Waals surface area contributed by atoms with Gasteiger partial charge in [0.1, 0.15) is 58.7 Å². The van der Waals surface area contributed by atoms with Crippen LogP contribution in [0.15, 0.2) is 42.5 Å². The van der Waals surface area contributed by atoms with Crippen molar-refractivity contribution < 1.29 is 18.3 Å². The lowest BCUT2D eigenvalue weighted by atomic mass is 9.52. The number of amides is 1. The highest BCUT2D eigenvalue weighted by atomic mass is 19.1. The zero-order valence-corrected chi connectivity index (χ0v) is 28.5. The summed E-state index contributed by atoms with van der Waals surface area (Å²) in [6.45, 7) is 3.80. The number of rotatable bonds is 7. The van der Waals surface area contributed by atoms with Gasteiger partial charge in [-0.1, -0.05) is 17.6 Å². The first-order chi connectivity index (χ1) is 22.2. The molecule has 2 fully saturated rings. The lowest BCUT2D eigenvalue weighted by molar-refractivity contribution is -0.0184. The number of ether oxygens (including phenoxy) is 1. The van der Waals surface area contributed by atoms with E-state index in [2.05, 4.69) is 84.8 Å². The van der Waals surface area contributed by atoms with Gasteiger partial charge in [0.25, 0.3) is 5.91 Å². The molecule has 0 spiro atoms. The number of carbonyl (C=O) groups excluding carboxylic acids is 1. The van der Waals surface area contributed by atoms with E-state index in [0.29, 0.717) is 23.4 Å². The molecule has 3 aromatic carbocycles. The minimum atomic E-state index is -0.612. The Kier molecular flexibility index (Phi) is 9.04. The van der Waals surface area contributed by atoms with Gasteiger partial charge in [-0.3, -0.25) is 9.89 Å².